The second kappa shape index (κ2) is 6.58. The maximum atomic E-state index is 12.1. The SMILES string of the molecule is Cc1csc(CCNC(=O)c2ccc(-n3cccc3)cc2)n1. The number of hydrogen-bond donors (Lipinski definition) is 1. The Morgan fingerprint density at radius 2 is 1.95 bits per heavy atom. The van der Waals surface area contributed by atoms with Crippen molar-refractivity contribution in [2.45, 2.75) is 13.3 Å². The molecule has 0 unspecified atom stereocenters. The van der Waals surface area contributed by atoms with E-state index in [0.717, 1.165) is 22.8 Å². The van der Waals surface area contributed by atoms with E-state index in [1.54, 1.807) is 11.3 Å². The summed E-state index contributed by atoms with van der Waals surface area (Å²) < 4.78 is 2.01. The average molecular weight is 311 g/mol. The average Bonchev–Trinajstić information content (AvgIpc) is 3.19. The van der Waals surface area contributed by atoms with Gasteiger partial charge >= 0.3 is 0 Å². The third-order valence-corrected chi connectivity index (χ3v) is 4.35. The summed E-state index contributed by atoms with van der Waals surface area (Å²) >= 11 is 1.63. The Kier molecular flexibility index (Phi) is 4.34. The van der Waals surface area contributed by atoms with E-state index in [-0.39, 0.29) is 5.91 Å². The van der Waals surface area contributed by atoms with Crippen LogP contribution in [0.1, 0.15) is 21.1 Å². The van der Waals surface area contributed by atoms with Gasteiger partial charge in [0, 0.05) is 47.7 Å². The van der Waals surface area contributed by atoms with Crippen molar-refractivity contribution < 1.29 is 4.79 Å². The van der Waals surface area contributed by atoms with Crippen LogP contribution in [0.3, 0.4) is 0 Å². The van der Waals surface area contributed by atoms with Gasteiger partial charge in [0.25, 0.3) is 5.91 Å². The molecule has 0 atom stereocenters. The van der Waals surface area contributed by atoms with Crippen molar-refractivity contribution in [2.24, 2.45) is 0 Å². The van der Waals surface area contributed by atoms with Gasteiger partial charge < -0.3 is 9.88 Å². The van der Waals surface area contributed by atoms with Crippen LogP contribution in [0.4, 0.5) is 0 Å². The smallest absolute Gasteiger partial charge is 0.251 e. The van der Waals surface area contributed by atoms with Crippen LogP contribution in [0, 0.1) is 6.92 Å². The number of carbonyl (C=O) groups is 1. The van der Waals surface area contributed by atoms with Gasteiger partial charge in [-0.25, -0.2) is 4.98 Å². The van der Waals surface area contributed by atoms with Crippen molar-refractivity contribution in [3.63, 3.8) is 0 Å². The molecule has 112 valence electrons. The van der Waals surface area contributed by atoms with Crippen molar-refractivity contribution >= 4 is 17.2 Å². The molecule has 0 saturated heterocycles. The number of aromatic nitrogens is 2. The van der Waals surface area contributed by atoms with E-state index in [4.69, 9.17) is 0 Å². The van der Waals surface area contributed by atoms with Gasteiger partial charge in [-0.15, -0.1) is 11.3 Å². The first kappa shape index (κ1) is 14.5. The zero-order chi connectivity index (χ0) is 15.4. The minimum absolute atomic E-state index is 0.0488. The van der Waals surface area contributed by atoms with Crippen LogP contribution in [0.15, 0.2) is 54.2 Å². The molecule has 2 heterocycles. The molecule has 1 amide bonds. The minimum atomic E-state index is -0.0488. The van der Waals surface area contributed by atoms with Crippen molar-refractivity contribution in [1.29, 1.82) is 0 Å². The summed E-state index contributed by atoms with van der Waals surface area (Å²) in [6.45, 7) is 2.58. The molecule has 0 aliphatic heterocycles. The quantitative estimate of drug-likeness (QED) is 0.786. The van der Waals surface area contributed by atoms with E-state index in [9.17, 15) is 4.79 Å². The van der Waals surface area contributed by atoms with Gasteiger partial charge in [0.2, 0.25) is 0 Å². The van der Waals surface area contributed by atoms with E-state index >= 15 is 0 Å². The normalized spacial score (nSPS) is 10.6. The second-order valence-electron chi connectivity index (χ2n) is 5.03. The van der Waals surface area contributed by atoms with Crippen molar-refractivity contribution in [1.82, 2.24) is 14.9 Å². The highest BCUT2D eigenvalue weighted by atomic mass is 32.1. The topological polar surface area (TPSA) is 46.9 Å². The third-order valence-electron chi connectivity index (χ3n) is 3.32. The number of nitrogens with zero attached hydrogens (tertiary/aromatic N) is 2. The molecule has 3 aromatic rings. The van der Waals surface area contributed by atoms with Crippen LogP contribution in [0.25, 0.3) is 5.69 Å². The summed E-state index contributed by atoms with van der Waals surface area (Å²) in [5.74, 6) is -0.0488. The molecule has 0 saturated carbocycles. The molecule has 0 aliphatic carbocycles. The molecular weight excluding hydrogens is 294 g/mol. The zero-order valence-corrected chi connectivity index (χ0v) is 13.1. The molecule has 3 rings (SSSR count). The Morgan fingerprint density at radius 3 is 2.59 bits per heavy atom. The van der Waals surface area contributed by atoms with Crippen LogP contribution in [0.5, 0.6) is 0 Å². The molecule has 2 aromatic heterocycles. The van der Waals surface area contributed by atoms with Crippen LogP contribution in [-0.4, -0.2) is 22.0 Å². The number of rotatable bonds is 5. The van der Waals surface area contributed by atoms with Gasteiger partial charge in [-0.2, -0.15) is 0 Å². The molecule has 0 radical (unpaired) electrons. The fourth-order valence-electron chi connectivity index (χ4n) is 2.19. The van der Waals surface area contributed by atoms with E-state index in [1.165, 1.54) is 0 Å². The highest BCUT2D eigenvalue weighted by Crippen LogP contribution is 2.11. The molecule has 1 N–H and O–H groups in total. The summed E-state index contributed by atoms with van der Waals surface area (Å²) in [7, 11) is 0. The lowest BCUT2D eigenvalue weighted by Crippen LogP contribution is -2.25. The number of aryl methyl sites for hydroxylation is 1. The van der Waals surface area contributed by atoms with Gasteiger partial charge in [-0.3, -0.25) is 4.79 Å². The predicted octanol–water partition coefficient (Wildman–Crippen LogP) is 3.21. The largest absolute Gasteiger partial charge is 0.352 e. The molecule has 5 heteroatoms. The number of hydrogen-bond acceptors (Lipinski definition) is 3. The number of carbonyl (C=O) groups excluding carboxylic acids is 1. The van der Waals surface area contributed by atoms with E-state index < -0.39 is 0 Å². The van der Waals surface area contributed by atoms with Gasteiger partial charge in [-0.1, -0.05) is 0 Å². The molecular formula is C17H17N3OS. The first-order chi connectivity index (χ1) is 10.7. The third kappa shape index (κ3) is 3.43. The Labute approximate surface area is 133 Å². The molecule has 0 aliphatic rings. The van der Waals surface area contributed by atoms with Crippen molar-refractivity contribution in [3.8, 4) is 5.69 Å². The number of amides is 1. The summed E-state index contributed by atoms with van der Waals surface area (Å²) in [4.78, 5) is 16.5. The number of benzene rings is 1. The minimum Gasteiger partial charge on any atom is -0.352 e. The van der Waals surface area contributed by atoms with Gasteiger partial charge in [0.05, 0.1) is 5.01 Å². The molecule has 1 aromatic carbocycles. The molecule has 0 fully saturated rings. The molecule has 0 bridgehead atoms. The number of thiazole rings is 1. The summed E-state index contributed by atoms with van der Waals surface area (Å²) in [5, 5.41) is 6.01. The fraction of sp³-hybridized carbons (Fsp3) is 0.176. The van der Waals surface area contributed by atoms with E-state index in [1.807, 2.05) is 65.7 Å². The fourth-order valence-corrected chi connectivity index (χ4v) is 2.97. The number of nitrogens with one attached hydrogen (secondary N) is 1. The van der Waals surface area contributed by atoms with Crippen molar-refractivity contribution in [3.05, 3.63) is 70.4 Å². The highest BCUT2D eigenvalue weighted by Gasteiger charge is 2.06. The van der Waals surface area contributed by atoms with E-state index in [2.05, 4.69) is 10.3 Å². The van der Waals surface area contributed by atoms with E-state index in [0.29, 0.717) is 12.1 Å². The van der Waals surface area contributed by atoms with Gasteiger partial charge in [0.1, 0.15) is 0 Å². The van der Waals surface area contributed by atoms with Crippen LogP contribution >= 0.6 is 11.3 Å². The van der Waals surface area contributed by atoms with Crippen LogP contribution < -0.4 is 5.32 Å². The van der Waals surface area contributed by atoms with Gasteiger partial charge in [0.15, 0.2) is 0 Å². The summed E-state index contributed by atoms with van der Waals surface area (Å²) in [6.07, 6.45) is 4.72. The van der Waals surface area contributed by atoms with Crippen LogP contribution in [0.2, 0.25) is 0 Å². The zero-order valence-electron chi connectivity index (χ0n) is 12.3. The second-order valence-corrected chi connectivity index (χ2v) is 5.97. The highest BCUT2D eigenvalue weighted by molar-refractivity contribution is 7.09. The molecule has 4 nitrogen and oxygen atoms in total. The maximum Gasteiger partial charge on any atom is 0.251 e. The van der Waals surface area contributed by atoms with Crippen LogP contribution in [-0.2, 0) is 6.42 Å². The summed E-state index contributed by atoms with van der Waals surface area (Å²) in [5.41, 5.74) is 2.75. The lowest BCUT2D eigenvalue weighted by atomic mass is 10.2. The molecule has 22 heavy (non-hydrogen) atoms. The summed E-state index contributed by atoms with van der Waals surface area (Å²) in [6, 6.07) is 11.5. The van der Waals surface area contributed by atoms with Crippen molar-refractivity contribution in [2.75, 3.05) is 6.54 Å². The Hall–Kier alpha value is -2.40. The Bertz CT molecular complexity index is 745. The standard InChI is InChI=1S/C17H17N3OS/c1-13-12-22-16(19-13)8-9-18-17(21)14-4-6-15(7-5-14)20-10-2-3-11-20/h2-7,10-12H,8-9H2,1H3,(H,18,21). The first-order valence-corrected chi connectivity index (χ1v) is 8.03. The monoisotopic (exact) mass is 311 g/mol. The lowest BCUT2D eigenvalue weighted by molar-refractivity contribution is 0.0954. The Morgan fingerprint density at radius 1 is 1.23 bits per heavy atom. The maximum absolute atomic E-state index is 12.1. The molecule has 0 spiro atoms. The predicted molar refractivity (Wildman–Crippen MR) is 88.7 cm³/mol. The van der Waals surface area contributed by atoms with Gasteiger partial charge in [-0.05, 0) is 43.3 Å². The lowest BCUT2D eigenvalue weighted by Gasteiger charge is -2.06. The Balaban J connectivity index is 1.56. The first-order valence-electron chi connectivity index (χ1n) is 7.15.